The van der Waals surface area contributed by atoms with Crippen LogP contribution in [0.1, 0.15) is 0 Å². The van der Waals surface area contributed by atoms with Crippen molar-refractivity contribution in [3.63, 3.8) is 0 Å². The molecule has 54 valence electrons. The molecule has 0 radical (unpaired) electrons. The molecule has 1 rings (SSSR count). The third-order valence-electron chi connectivity index (χ3n) is 1.08. The topological polar surface area (TPSA) is 45.4 Å². The SMILES string of the molecule is C=CCNc1ccoc1O. The maximum Gasteiger partial charge on any atom is 0.306 e. The van der Waals surface area contributed by atoms with Gasteiger partial charge in [0.1, 0.15) is 5.69 Å². The van der Waals surface area contributed by atoms with Crippen LogP contribution in [0.15, 0.2) is 29.4 Å². The fraction of sp³-hybridized carbons (Fsp3) is 0.143. The standard InChI is InChI=1S/C7H9NO2/c1-2-4-8-6-3-5-10-7(6)9/h2-3,5,8-9H,1,4H2. The molecule has 0 aromatic carbocycles. The second kappa shape index (κ2) is 2.96. The summed E-state index contributed by atoms with van der Waals surface area (Å²) in [5.41, 5.74) is 0.597. The highest BCUT2D eigenvalue weighted by atomic mass is 16.5. The highest BCUT2D eigenvalue weighted by Crippen LogP contribution is 2.22. The Bertz CT molecular complexity index is 217. The predicted molar refractivity (Wildman–Crippen MR) is 39.1 cm³/mol. The van der Waals surface area contributed by atoms with Gasteiger partial charge in [0.25, 0.3) is 0 Å². The summed E-state index contributed by atoms with van der Waals surface area (Å²) in [6.07, 6.45) is 3.12. The minimum atomic E-state index is -0.0816. The quantitative estimate of drug-likeness (QED) is 0.625. The smallest absolute Gasteiger partial charge is 0.306 e. The Morgan fingerprint density at radius 1 is 1.80 bits per heavy atom. The van der Waals surface area contributed by atoms with E-state index in [1.165, 1.54) is 6.26 Å². The lowest BCUT2D eigenvalue weighted by Gasteiger charge is -1.96. The molecule has 0 bridgehead atoms. The Morgan fingerprint density at radius 2 is 2.60 bits per heavy atom. The fourth-order valence-corrected chi connectivity index (χ4v) is 0.618. The van der Waals surface area contributed by atoms with Gasteiger partial charge in [-0.05, 0) is 0 Å². The van der Waals surface area contributed by atoms with Crippen molar-refractivity contribution in [2.24, 2.45) is 0 Å². The van der Waals surface area contributed by atoms with Crippen LogP contribution in [0.3, 0.4) is 0 Å². The summed E-state index contributed by atoms with van der Waals surface area (Å²) in [7, 11) is 0. The first-order chi connectivity index (χ1) is 4.84. The highest BCUT2D eigenvalue weighted by Gasteiger charge is 1.99. The number of hydrogen-bond acceptors (Lipinski definition) is 3. The van der Waals surface area contributed by atoms with Crippen molar-refractivity contribution < 1.29 is 9.52 Å². The van der Waals surface area contributed by atoms with Gasteiger partial charge in [-0.25, -0.2) is 0 Å². The van der Waals surface area contributed by atoms with E-state index in [0.717, 1.165) is 0 Å². The van der Waals surface area contributed by atoms with Gasteiger partial charge in [0.05, 0.1) is 6.26 Å². The molecule has 0 aliphatic rings. The molecule has 0 fully saturated rings. The summed E-state index contributed by atoms with van der Waals surface area (Å²) in [5, 5.41) is 11.8. The minimum Gasteiger partial charge on any atom is -0.479 e. The van der Waals surface area contributed by atoms with E-state index in [9.17, 15) is 0 Å². The van der Waals surface area contributed by atoms with Crippen molar-refractivity contribution in [1.82, 2.24) is 0 Å². The average Bonchev–Trinajstić information content (AvgIpc) is 2.31. The number of anilines is 1. The predicted octanol–water partition coefficient (Wildman–Crippen LogP) is 1.58. The van der Waals surface area contributed by atoms with Crippen molar-refractivity contribution >= 4 is 5.69 Å². The average molecular weight is 139 g/mol. The molecule has 3 heteroatoms. The molecule has 2 N–H and O–H groups in total. The fourth-order valence-electron chi connectivity index (χ4n) is 0.618. The van der Waals surface area contributed by atoms with Crippen LogP contribution < -0.4 is 5.32 Å². The van der Waals surface area contributed by atoms with E-state index in [4.69, 9.17) is 5.11 Å². The van der Waals surface area contributed by atoms with Gasteiger partial charge in [-0.15, -0.1) is 6.58 Å². The second-order valence-electron chi connectivity index (χ2n) is 1.81. The minimum absolute atomic E-state index is 0.0816. The zero-order valence-electron chi connectivity index (χ0n) is 5.50. The molecular weight excluding hydrogens is 130 g/mol. The lowest BCUT2D eigenvalue weighted by Crippen LogP contribution is -1.95. The summed E-state index contributed by atoms with van der Waals surface area (Å²) >= 11 is 0. The molecule has 0 atom stereocenters. The second-order valence-corrected chi connectivity index (χ2v) is 1.81. The molecule has 0 amide bonds. The van der Waals surface area contributed by atoms with Crippen molar-refractivity contribution in [3.05, 3.63) is 25.0 Å². The molecule has 1 aromatic rings. The molecule has 10 heavy (non-hydrogen) atoms. The lowest BCUT2D eigenvalue weighted by atomic mass is 10.5. The first-order valence-corrected chi connectivity index (χ1v) is 2.96. The molecule has 0 aliphatic heterocycles. The van der Waals surface area contributed by atoms with Gasteiger partial charge in [-0.3, -0.25) is 0 Å². The van der Waals surface area contributed by atoms with Crippen LogP contribution in [0.25, 0.3) is 0 Å². The monoisotopic (exact) mass is 139 g/mol. The van der Waals surface area contributed by atoms with E-state index >= 15 is 0 Å². The van der Waals surface area contributed by atoms with Crippen LogP contribution >= 0.6 is 0 Å². The summed E-state index contributed by atoms with van der Waals surface area (Å²) in [6, 6.07) is 1.65. The van der Waals surface area contributed by atoms with Crippen LogP contribution in [0.4, 0.5) is 5.69 Å². The summed E-state index contributed by atoms with van der Waals surface area (Å²) in [5.74, 6) is -0.0816. The number of nitrogens with one attached hydrogen (secondary N) is 1. The van der Waals surface area contributed by atoms with Gasteiger partial charge in [0.2, 0.25) is 0 Å². The van der Waals surface area contributed by atoms with Crippen molar-refractivity contribution in [1.29, 1.82) is 0 Å². The van der Waals surface area contributed by atoms with Crippen molar-refractivity contribution in [2.45, 2.75) is 0 Å². The number of hydrogen-bond donors (Lipinski definition) is 2. The Morgan fingerprint density at radius 3 is 3.10 bits per heavy atom. The van der Waals surface area contributed by atoms with E-state index in [1.54, 1.807) is 12.1 Å². The normalized spacial score (nSPS) is 9.20. The molecule has 0 spiro atoms. The van der Waals surface area contributed by atoms with E-state index in [-0.39, 0.29) is 5.95 Å². The van der Waals surface area contributed by atoms with Gasteiger partial charge in [-0.2, -0.15) is 0 Å². The first kappa shape index (κ1) is 6.74. The largest absolute Gasteiger partial charge is 0.479 e. The molecule has 0 saturated heterocycles. The van der Waals surface area contributed by atoms with Crippen molar-refractivity contribution in [3.8, 4) is 5.95 Å². The zero-order valence-corrected chi connectivity index (χ0v) is 5.50. The molecular formula is C7H9NO2. The number of furan rings is 1. The third kappa shape index (κ3) is 1.31. The summed E-state index contributed by atoms with van der Waals surface area (Å²) in [4.78, 5) is 0. The third-order valence-corrected chi connectivity index (χ3v) is 1.08. The van der Waals surface area contributed by atoms with Crippen LogP contribution in [0.2, 0.25) is 0 Å². The van der Waals surface area contributed by atoms with E-state index in [0.29, 0.717) is 12.2 Å². The maximum atomic E-state index is 8.91. The summed E-state index contributed by atoms with van der Waals surface area (Å²) in [6.45, 7) is 4.13. The summed E-state index contributed by atoms with van der Waals surface area (Å²) < 4.78 is 4.62. The molecule has 0 aliphatic carbocycles. The first-order valence-electron chi connectivity index (χ1n) is 2.96. The highest BCUT2D eigenvalue weighted by molar-refractivity contribution is 5.50. The van der Waals surface area contributed by atoms with E-state index in [2.05, 4.69) is 16.3 Å². The van der Waals surface area contributed by atoms with E-state index < -0.39 is 0 Å². The van der Waals surface area contributed by atoms with Crippen LogP contribution in [-0.4, -0.2) is 11.7 Å². The molecule has 0 unspecified atom stereocenters. The zero-order chi connectivity index (χ0) is 7.40. The maximum absolute atomic E-state index is 8.91. The van der Waals surface area contributed by atoms with Crippen LogP contribution in [0.5, 0.6) is 5.95 Å². The number of aromatic hydroxyl groups is 1. The van der Waals surface area contributed by atoms with E-state index in [1.807, 2.05) is 0 Å². The van der Waals surface area contributed by atoms with Gasteiger partial charge in [-0.1, -0.05) is 6.08 Å². The van der Waals surface area contributed by atoms with Crippen LogP contribution in [-0.2, 0) is 0 Å². The Kier molecular flexibility index (Phi) is 1.99. The van der Waals surface area contributed by atoms with Gasteiger partial charge in [0, 0.05) is 12.6 Å². The Hall–Kier alpha value is -1.38. The van der Waals surface area contributed by atoms with Crippen LogP contribution in [0, 0.1) is 0 Å². The number of rotatable bonds is 3. The van der Waals surface area contributed by atoms with Gasteiger partial charge >= 0.3 is 5.95 Å². The van der Waals surface area contributed by atoms with Gasteiger partial charge in [0.15, 0.2) is 0 Å². The lowest BCUT2D eigenvalue weighted by molar-refractivity contribution is 0.334. The molecule has 3 nitrogen and oxygen atoms in total. The Labute approximate surface area is 59.0 Å². The van der Waals surface area contributed by atoms with Gasteiger partial charge < -0.3 is 14.8 Å². The molecule has 1 heterocycles. The molecule has 0 saturated carbocycles. The van der Waals surface area contributed by atoms with Crippen molar-refractivity contribution in [2.75, 3.05) is 11.9 Å². The molecule has 1 aromatic heterocycles. The Balaban J connectivity index is 2.56.